The molecule has 0 saturated carbocycles. The van der Waals surface area contributed by atoms with E-state index in [1.54, 1.807) is 12.4 Å². The second-order valence-electron chi connectivity index (χ2n) is 8.35. The molecule has 4 aromatic rings. The Bertz CT molecular complexity index is 1150. The molecule has 0 radical (unpaired) electrons. The van der Waals surface area contributed by atoms with Gasteiger partial charge in [0, 0.05) is 30.4 Å². The molecule has 5 heteroatoms. The third-order valence-corrected chi connectivity index (χ3v) is 5.80. The number of pyridine rings is 1. The lowest BCUT2D eigenvalue weighted by Crippen LogP contribution is -2.25. The summed E-state index contributed by atoms with van der Waals surface area (Å²) in [5.74, 6) is 2.48. The maximum absolute atomic E-state index is 6.03. The van der Waals surface area contributed by atoms with Crippen LogP contribution in [0.5, 0.6) is 5.75 Å². The van der Waals surface area contributed by atoms with Crippen molar-refractivity contribution in [1.29, 1.82) is 0 Å². The highest BCUT2D eigenvalue weighted by Gasteiger charge is 2.13. The number of ether oxygens (including phenoxy) is 1. The van der Waals surface area contributed by atoms with Crippen molar-refractivity contribution < 1.29 is 4.74 Å². The van der Waals surface area contributed by atoms with Gasteiger partial charge in [0.15, 0.2) is 5.82 Å². The van der Waals surface area contributed by atoms with E-state index >= 15 is 0 Å². The molecule has 2 aromatic heterocycles. The average Bonchev–Trinajstić information content (AvgIpc) is 2.87. The molecule has 4 rings (SSSR count). The van der Waals surface area contributed by atoms with Gasteiger partial charge in [-0.1, -0.05) is 50.5 Å². The molecule has 0 bridgehead atoms. The summed E-state index contributed by atoms with van der Waals surface area (Å²) in [7, 11) is 2.05. The summed E-state index contributed by atoms with van der Waals surface area (Å²) in [5.41, 5.74) is 3.21. The predicted molar refractivity (Wildman–Crippen MR) is 136 cm³/mol. The summed E-state index contributed by atoms with van der Waals surface area (Å²) in [6.07, 6.45) is 9.85. The molecule has 170 valence electrons. The minimum atomic E-state index is 0.576. The number of benzene rings is 2. The largest absolute Gasteiger partial charge is 0.492 e. The Hall–Kier alpha value is -3.47. The maximum Gasteiger partial charge on any atom is 0.163 e. The standard InChI is InChI=1S/C28H32N4O/c1-3-4-5-6-10-22-14-16-24(17-15-22)33-20-19-32(2)28-25-12-7-8-13-26(25)30-27(31-28)23-11-9-18-29-21-23/h7-9,11-18,21H,3-6,10,19-20H2,1-2H3. The predicted octanol–water partition coefficient (Wildman–Crippen LogP) is 6.33. The molecule has 0 fully saturated rings. The first-order valence-electron chi connectivity index (χ1n) is 11.8. The number of fused-ring (bicyclic) bond motifs is 1. The molecule has 0 aliphatic rings. The molecule has 5 nitrogen and oxygen atoms in total. The van der Waals surface area contributed by atoms with Gasteiger partial charge in [-0.2, -0.15) is 0 Å². The van der Waals surface area contributed by atoms with Crippen molar-refractivity contribution in [2.24, 2.45) is 0 Å². The second kappa shape index (κ2) is 11.4. The molecule has 0 N–H and O–H groups in total. The van der Waals surface area contributed by atoms with E-state index in [0.717, 1.165) is 34.5 Å². The lowest BCUT2D eigenvalue weighted by atomic mass is 10.1. The fourth-order valence-corrected chi connectivity index (χ4v) is 3.89. The zero-order valence-corrected chi connectivity index (χ0v) is 19.6. The van der Waals surface area contributed by atoms with Gasteiger partial charge in [0.2, 0.25) is 0 Å². The fourth-order valence-electron chi connectivity index (χ4n) is 3.89. The van der Waals surface area contributed by atoms with Crippen molar-refractivity contribution in [2.75, 3.05) is 25.1 Å². The van der Waals surface area contributed by atoms with Crippen molar-refractivity contribution >= 4 is 16.7 Å². The number of unbranched alkanes of at least 4 members (excludes halogenated alkanes) is 3. The maximum atomic E-state index is 6.03. The summed E-state index contributed by atoms with van der Waals surface area (Å²) >= 11 is 0. The second-order valence-corrected chi connectivity index (χ2v) is 8.35. The molecule has 0 aliphatic heterocycles. The van der Waals surface area contributed by atoms with Gasteiger partial charge in [-0.15, -0.1) is 0 Å². The minimum Gasteiger partial charge on any atom is -0.492 e. The molecule has 0 atom stereocenters. The highest BCUT2D eigenvalue weighted by atomic mass is 16.5. The van der Waals surface area contributed by atoms with Crippen LogP contribution in [0.2, 0.25) is 0 Å². The number of anilines is 1. The zero-order chi connectivity index (χ0) is 22.9. The molecule has 0 spiro atoms. The third kappa shape index (κ3) is 6.07. The van der Waals surface area contributed by atoms with Crippen molar-refractivity contribution in [3.8, 4) is 17.1 Å². The first kappa shape index (κ1) is 22.7. The van der Waals surface area contributed by atoms with Crippen LogP contribution in [0.1, 0.15) is 38.2 Å². The Morgan fingerprint density at radius 3 is 2.52 bits per heavy atom. The van der Waals surface area contributed by atoms with Gasteiger partial charge in [-0.05, 0) is 54.8 Å². The van der Waals surface area contributed by atoms with Crippen LogP contribution in [0.25, 0.3) is 22.3 Å². The lowest BCUT2D eigenvalue weighted by molar-refractivity contribution is 0.325. The third-order valence-electron chi connectivity index (χ3n) is 5.80. The summed E-state index contributed by atoms with van der Waals surface area (Å²) in [5, 5.41) is 1.03. The monoisotopic (exact) mass is 440 g/mol. The van der Waals surface area contributed by atoms with Crippen LogP contribution in [-0.2, 0) is 6.42 Å². The van der Waals surface area contributed by atoms with E-state index in [2.05, 4.69) is 47.1 Å². The number of aryl methyl sites for hydroxylation is 1. The molecular weight excluding hydrogens is 408 g/mol. The van der Waals surface area contributed by atoms with Crippen molar-refractivity contribution in [1.82, 2.24) is 15.0 Å². The molecule has 2 heterocycles. The molecule has 0 unspecified atom stereocenters. The van der Waals surface area contributed by atoms with Gasteiger partial charge < -0.3 is 9.64 Å². The fraction of sp³-hybridized carbons (Fsp3) is 0.321. The topological polar surface area (TPSA) is 51.1 Å². The van der Waals surface area contributed by atoms with E-state index in [0.29, 0.717) is 19.0 Å². The van der Waals surface area contributed by atoms with Crippen LogP contribution < -0.4 is 9.64 Å². The number of aromatic nitrogens is 3. The Morgan fingerprint density at radius 2 is 1.73 bits per heavy atom. The van der Waals surface area contributed by atoms with Gasteiger partial charge in [0.1, 0.15) is 18.2 Å². The van der Waals surface area contributed by atoms with E-state index in [9.17, 15) is 0 Å². The van der Waals surface area contributed by atoms with E-state index in [1.165, 1.54) is 31.2 Å². The molecule has 0 amide bonds. The molecule has 2 aromatic carbocycles. The summed E-state index contributed by atoms with van der Waals surface area (Å²) in [6.45, 7) is 3.54. The van der Waals surface area contributed by atoms with Crippen molar-refractivity contribution in [3.05, 3.63) is 78.6 Å². The number of para-hydroxylation sites is 1. The van der Waals surface area contributed by atoms with Crippen LogP contribution in [-0.4, -0.2) is 35.2 Å². The van der Waals surface area contributed by atoms with Gasteiger partial charge in [0.05, 0.1) is 12.1 Å². The first-order chi connectivity index (χ1) is 16.2. The Morgan fingerprint density at radius 1 is 0.879 bits per heavy atom. The van der Waals surface area contributed by atoms with Crippen LogP contribution in [0.3, 0.4) is 0 Å². The van der Waals surface area contributed by atoms with Crippen LogP contribution >= 0.6 is 0 Å². The van der Waals surface area contributed by atoms with E-state index in [4.69, 9.17) is 14.7 Å². The van der Waals surface area contributed by atoms with Crippen molar-refractivity contribution in [3.63, 3.8) is 0 Å². The normalized spacial score (nSPS) is 11.0. The molecule has 33 heavy (non-hydrogen) atoms. The Balaban J connectivity index is 1.40. The average molecular weight is 441 g/mol. The van der Waals surface area contributed by atoms with Gasteiger partial charge >= 0.3 is 0 Å². The molecular formula is C28H32N4O. The van der Waals surface area contributed by atoms with Gasteiger partial charge in [-0.25, -0.2) is 9.97 Å². The number of rotatable bonds is 11. The van der Waals surface area contributed by atoms with E-state index in [-0.39, 0.29) is 0 Å². The quantitative estimate of drug-likeness (QED) is 0.255. The number of nitrogens with zero attached hydrogens (tertiary/aromatic N) is 4. The number of hydrogen-bond acceptors (Lipinski definition) is 5. The van der Waals surface area contributed by atoms with Crippen molar-refractivity contribution in [2.45, 2.75) is 39.0 Å². The SMILES string of the molecule is CCCCCCc1ccc(OCCN(C)c2nc(-c3cccnc3)nc3ccccc23)cc1. The number of hydrogen-bond donors (Lipinski definition) is 0. The summed E-state index contributed by atoms with van der Waals surface area (Å²) < 4.78 is 6.03. The van der Waals surface area contributed by atoms with E-state index < -0.39 is 0 Å². The highest BCUT2D eigenvalue weighted by molar-refractivity contribution is 5.90. The summed E-state index contributed by atoms with van der Waals surface area (Å²) in [4.78, 5) is 16.0. The molecule has 0 aliphatic carbocycles. The minimum absolute atomic E-state index is 0.576. The van der Waals surface area contributed by atoms with Gasteiger partial charge in [-0.3, -0.25) is 4.98 Å². The number of likely N-dealkylation sites (N-methyl/N-ethyl adjacent to an activating group) is 1. The van der Waals surface area contributed by atoms with Gasteiger partial charge in [0.25, 0.3) is 0 Å². The van der Waals surface area contributed by atoms with Crippen LogP contribution in [0, 0.1) is 0 Å². The zero-order valence-electron chi connectivity index (χ0n) is 19.6. The van der Waals surface area contributed by atoms with E-state index in [1.807, 2.05) is 37.4 Å². The first-order valence-corrected chi connectivity index (χ1v) is 11.8. The smallest absolute Gasteiger partial charge is 0.163 e. The Kier molecular flexibility index (Phi) is 7.85. The summed E-state index contributed by atoms with van der Waals surface area (Å²) in [6, 6.07) is 20.5. The lowest BCUT2D eigenvalue weighted by Gasteiger charge is -2.21. The van der Waals surface area contributed by atoms with Crippen LogP contribution in [0.4, 0.5) is 5.82 Å². The van der Waals surface area contributed by atoms with Crippen LogP contribution in [0.15, 0.2) is 73.1 Å². The Labute approximate surface area is 196 Å². The highest BCUT2D eigenvalue weighted by Crippen LogP contribution is 2.26. The molecule has 0 saturated heterocycles.